The number of oxazole rings is 1. The molecule has 678 valence electrons. The summed E-state index contributed by atoms with van der Waals surface area (Å²) in [5, 5.41) is 21.6. The smallest absolute Gasteiger partial charge is 0.274 e. The number of para-hydroxylation sites is 1. The molecular formula is C95H80ClN17O15S6. The van der Waals surface area contributed by atoms with Gasteiger partial charge < -0.3 is 75.4 Å². The van der Waals surface area contributed by atoms with Gasteiger partial charge in [-0.05, 0) is 145 Å². The van der Waals surface area contributed by atoms with Gasteiger partial charge in [0.25, 0.3) is 11.1 Å². The van der Waals surface area contributed by atoms with Crippen LogP contribution in [0.2, 0.25) is 5.15 Å². The fraction of sp³-hybridized carbons (Fsp3) is 0.158. The van der Waals surface area contributed by atoms with E-state index in [1.807, 2.05) is 162 Å². The molecule has 19 aromatic heterocycles. The predicted molar refractivity (Wildman–Crippen MR) is 527 cm³/mol. The van der Waals surface area contributed by atoms with Crippen LogP contribution in [0.5, 0.6) is 69.4 Å². The molecule has 1 N–H and O–H groups in total. The molecule has 0 fully saturated rings. The van der Waals surface area contributed by atoms with Crippen molar-refractivity contribution in [2.24, 2.45) is 0 Å². The number of methoxy groups -OCH3 is 9. The molecule has 0 bridgehead atoms. The Kier molecular flexibility index (Phi) is 31.3. The summed E-state index contributed by atoms with van der Waals surface area (Å²) in [4.78, 5) is 69.5. The quantitative estimate of drug-likeness (QED) is 0.0693. The van der Waals surface area contributed by atoms with Crippen LogP contribution in [0.4, 0.5) is 11.5 Å². The number of hydrogen-bond donors (Lipinski definition) is 1. The van der Waals surface area contributed by atoms with Crippen molar-refractivity contribution in [3.05, 3.63) is 245 Å². The number of hydrogen-bond acceptors (Lipinski definition) is 37. The highest BCUT2D eigenvalue weighted by atomic mass is 35.5. The Balaban J connectivity index is 0.000000116. The molecule has 23 rings (SSSR count). The van der Waals surface area contributed by atoms with Crippen molar-refractivity contribution in [1.82, 2.24) is 74.8 Å². The molecule has 0 saturated carbocycles. The molecule has 39 heteroatoms. The Hall–Kier alpha value is -15.4. The lowest BCUT2D eigenvalue weighted by Crippen LogP contribution is -2.11. The van der Waals surface area contributed by atoms with Gasteiger partial charge in [-0.1, -0.05) is 65.4 Å². The van der Waals surface area contributed by atoms with Crippen molar-refractivity contribution in [3.63, 3.8) is 0 Å². The zero-order valence-electron chi connectivity index (χ0n) is 73.5. The number of rotatable bonds is 16. The van der Waals surface area contributed by atoms with Gasteiger partial charge in [0, 0.05) is 69.2 Å². The standard InChI is InChI=1S/C15H16N4OS.C12H9N3OS.C12H9NO2.C11H8ClNO3.C11H10N2O2S.C10H7N3O2S.C8H7NO2.2C8H7NOS/c1-9(2)16-12-6-4-5-11(17-12)14-18-10-7-8-21-13(10)15(19-14)20-3;1-16-11-8-5-7-17-12(8)15-10(14-11)9-4-2-3-6-13-9;1-14-12-9-5-3-2-4-8(9)11-10(13-12)6-7-15-11;1-14-8-4-7-6(2-3-13-11(7)12)9-10(8)16-5-15-9;1-4-15-9-5-8(14-3)10-7(12-2)6-16-11(10)13-9;1-14-9-7-6(2-5-16-7)12-8(13-9)10-11-3-4-15-10;2*1-10-8-6-3-5-11-7(6)2-4-9-8;1-10-8-9-6-4-2-3-5-7(6)11-8/h4-9H,1-3H3,(H,16,17);2-7H,1H3;2-7H,1H3;2-4H,5H2,1H3;5-6H,4H2,1,3H3;2-5H,1H3;3*2-5H,1H3. The molecule has 32 nitrogen and oxygen atoms in total. The average Bonchev–Trinajstić information content (AvgIpc) is 1.37. The topological polar surface area (TPSA) is 360 Å². The summed E-state index contributed by atoms with van der Waals surface area (Å²) in [5.74, 6) is 9.58. The van der Waals surface area contributed by atoms with Gasteiger partial charge in [0.2, 0.25) is 65.2 Å². The molecule has 3 aromatic carbocycles. The number of halogens is 1. The van der Waals surface area contributed by atoms with Crippen molar-refractivity contribution < 1.29 is 70.1 Å². The van der Waals surface area contributed by atoms with Crippen LogP contribution in [-0.2, 0) is 0 Å². The molecule has 22 aromatic rings. The molecule has 0 aliphatic carbocycles. The van der Waals surface area contributed by atoms with E-state index < -0.39 is 0 Å². The summed E-state index contributed by atoms with van der Waals surface area (Å²) in [6.07, 6.45) is 13.1. The molecule has 0 amide bonds. The molecule has 0 spiro atoms. The maximum Gasteiger partial charge on any atom is 0.274 e. The number of thiazole rings is 1. The Morgan fingerprint density at radius 3 is 1.80 bits per heavy atom. The van der Waals surface area contributed by atoms with Gasteiger partial charge in [0.15, 0.2) is 28.7 Å². The third-order valence-electron chi connectivity index (χ3n) is 18.9. The maximum atomic E-state index is 7.07. The van der Waals surface area contributed by atoms with Gasteiger partial charge in [0.1, 0.15) is 64.5 Å². The van der Waals surface area contributed by atoms with Gasteiger partial charge in [-0.25, -0.2) is 59.7 Å². The second-order valence-electron chi connectivity index (χ2n) is 27.4. The maximum absolute atomic E-state index is 7.07. The van der Waals surface area contributed by atoms with Crippen LogP contribution in [0.25, 0.3) is 144 Å². The Labute approximate surface area is 793 Å². The van der Waals surface area contributed by atoms with E-state index in [9.17, 15) is 0 Å². The minimum atomic E-state index is 0.199. The number of nitrogens with zero attached hydrogens (tertiary/aromatic N) is 16. The predicted octanol–water partition coefficient (Wildman–Crippen LogP) is 24.0. The molecule has 0 radical (unpaired) electrons. The first-order valence-electron chi connectivity index (χ1n) is 40.4. The van der Waals surface area contributed by atoms with E-state index in [4.69, 9.17) is 88.3 Å². The van der Waals surface area contributed by atoms with Gasteiger partial charge in [-0.3, -0.25) is 4.98 Å². The van der Waals surface area contributed by atoms with Crippen molar-refractivity contribution >= 4 is 196 Å². The lowest BCUT2D eigenvalue weighted by molar-refractivity contribution is 0.172. The number of ether oxygens (including phenoxy) is 12. The van der Waals surface area contributed by atoms with Crippen LogP contribution < -0.4 is 62.2 Å². The van der Waals surface area contributed by atoms with Crippen molar-refractivity contribution in [2.75, 3.05) is 82.7 Å². The van der Waals surface area contributed by atoms with Crippen molar-refractivity contribution in [3.8, 4) is 104 Å². The molecule has 1 aliphatic heterocycles. The number of nitrogens with one attached hydrogen (secondary N) is 1. The molecular weight excluding hydrogens is 1850 g/mol. The molecule has 1 aliphatic rings. The molecule has 0 unspecified atom stereocenters. The summed E-state index contributed by atoms with van der Waals surface area (Å²) in [6, 6.07) is 48.4. The van der Waals surface area contributed by atoms with Crippen LogP contribution in [0, 0.1) is 6.57 Å². The van der Waals surface area contributed by atoms with Crippen LogP contribution in [0.1, 0.15) is 20.8 Å². The zero-order chi connectivity index (χ0) is 93.4. The van der Waals surface area contributed by atoms with E-state index in [0.717, 1.165) is 118 Å². The van der Waals surface area contributed by atoms with Crippen LogP contribution in [0.15, 0.2) is 242 Å². The summed E-state index contributed by atoms with van der Waals surface area (Å²) >= 11 is 15.4. The monoisotopic (exact) mass is 1930 g/mol. The molecule has 20 heterocycles. The second kappa shape index (κ2) is 45.0. The highest BCUT2D eigenvalue weighted by Gasteiger charge is 2.25. The summed E-state index contributed by atoms with van der Waals surface area (Å²) in [7, 11) is 14.5. The summed E-state index contributed by atoms with van der Waals surface area (Å²) in [6.45, 7) is 13.9. The fourth-order valence-corrected chi connectivity index (χ4v) is 18.0. The highest BCUT2D eigenvalue weighted by Crippen LogP contribution is 2.48. The number of furan rings is 2. The third kappa shape index (κ3) is 21.8. The van der Waals surface area contributed by atoms with Gasteiger partial charge in [-0.2, -0.15) is 15.0 Å². The van der Waals surface area contributed by atoms with E-state index in [-0.39, 0.29) is 6.79 Å². The number of pyridine rings is 7. The Morgan fingerprint density at radius 1 is 0.433 bits per heavy atom. The number of aromatic nitrogens is 15. The average molecular weight is 1930 g/mol. The third-order valence-corrected chi connectivity index (χ3v) is 24.6. The van der Waals surface area contributed by atoms with Crippen LogP contribution in [-0.4, -0.2) is 158 Å². The molecule has 134 heavy (non-hydrogen) atoms. The normalized spacial score (nSPS) is 10.9. The highest BCUT2D eigenvalue weighted by molar-refractivity contribution is 7.20. The van der Waals surface area contributed by atoms with E-state index in [2.05, 4.69) is 98.8 Å². The number of fused-ring (bicyclic) bond motifs is 13. The first kappa shape index (κ1) is 93.3. The minimum absolute atomic E-state index is 0.199. The van der Waals surface area contributed by atoms with Crippen LogP contribution >= 0.6 is 79.6 Å². The largest absolute Gasteiger partial charge is 0.497 e. The van der Waals surface area contributed by atoms with Crippen molar-refractivity contribution in [1.29, 1.82) is 0 Å². The molecule has 0 saturated heterocycles. The lowest BCUT2D eigenvalue weighted by atomic mass is 10.1. The summed E-state index contributed by atoms with van der Waals surface area (Å²) < 4.78 is 82.8. The van der Waals surface area contributed by atoms with Crippen molar-refractivity contribution in [2.45, 2.75) is 26.8 Å². The van der Waals surface area contributed by atoms with E-state index in [1.54, 1.807) is 188 Å². The van der Waals surface area contributed by atoms with Gasteiger partial charge in [0.05, 0.1) is 139 Å². The minimum Gasteiger partial charge on any atom is -0.497 e. The number of anilines is 1. The molecule has 0 atom stereocenters. The number of benzene rings is 3. The van der Waals surface area contributed by atoms with Gasteiger partial charge in [-0.15, -0.1) is 56.7 Å². The first-order valence-corrected chi connectivity index (χ1v) is 46.0. The summed E-state index contributed by atoms with van der Waals surface area (Å²) in [5.41, 5.74) is 7.22. The van der Waals surface area contributed by atoms with E-state index in [0.29, 0.717) is 111 Å². The van der Waals surface area contributed by atoms with E-state index in [1.165, 1.54) is 27.0 Å². The SMILES string of the molecule is COc1cc2c(Cl)nccc2c2c1OCO2.COc1nc(-c2cccc(NC(C)C)n2)nc2ccsc12.COc1nc(-c2ccccn2)nc2sccc12.COc1nc(-c2ncco2)nc2ccsc12.COc1nc2ccccc2s1.COc1nc2ccoc2c2ccccc12.COc1nccc2occc12.COc1nccc2sccc12.[C-]#[N+]c1csc2nc(OCC)cc(OC)c12. The Bertz CT molecular complexity index is 7630. The number of thiophene rings is 5. The first-order chi connectivity index (χ1) is 65.7. The van der Waals surface area contributed by atoms with Crippen LogP contribution in [0.3, 0.4) is 0 Å². The van der Waals surface area contributed by atoms with Gasteiger partial charge >= 0.3 is 0 Å². The van der Waals surface area contributed by atoms with E-state index >= 15 is 0 Å². The zero-order valence-corrected chi connectivity index (χ0v) is 79.2. The Morgan fingerprint density at radius 2 is 1.09 bits per heavy atom. The second-order valence-corrected chi connectivity index (χ2v) is 33.3. The lowest BCUT2D eigenvalue weighted by Gasteiger charge is -2.10. The fourth-order valence-electron chi connectivity index (χ4n) is 13.0.